The number of hydrogen-bond donors (Lipinski definition) is 1. The fraction of sp³-hybridized carbons (Fsp3) is 0.500. The molecule has 1 fully saturated rings. The lowest BCUT2D eigenvalue weighted by molar-refractivity contribution is 0.122. The molecule has 0 N–H and O–H groups in total. The second kappa shape index (κ2) is 4.90. The summed E-state index contributed by atoms with van der Waals surface area (Å²) in [4.78, 5) is 3.86. The minimum atomic E-state index is 0.0314. The third kappa shape index (κ3) is 2.67. The van der Waals surface area contributed by atoms with E-state index in [0.29, 0.717) is 0 Å². The van der Waals surface area contributed by atoms with Crippen molar-refractivity contribution in [3.05, 3.63) is 24.3 Å². The minimum absolute atomic E-state index is 0.0314. The monoisotopic (exact) mass is 225 g/mol. The summed E-state index contributed by atoms with van der Waals surface area (Å²) in [6, 6.07) is 9.00. The number of hydrogen-bond acceptors (Lipinski definition) is 2. The number of morpholine rings is 1. The van der Waals surface area contributed by atoms with E-state index in [-0.39, 0.29) is 10.9 Å². The molecule has 0 aromatic heterocycles. The molecule has 0 radical (unpaired) electrons. The number of nitrogens with zero attached hydrogens (tertiary/aromatic N) is 1. The molecule has 2 nitrogen and oxygen atoms in total. The zero-order valence-corrected chi connectivity index (χ0v) is 10.3. The molecule has 0 saturated carbocycles. The maximum Gasteiger partial charge on any atom is 0.0642 e. The molecule has 1 aromatic rings. The van der Waals surface area contributed by atoms with Crippen LogP contribution in [0.2, 0.25) is 0 Å². The molecule has 1 saturated heterocycles. The zero-order chi connectivity index (χ0) is 10.7. The first-order chi connectivity index (χ1) is 7.27. The average Bonchev–Trinajstić information content (AvgIpc) is 2.30. The van der Waals surface area contributed by atoms with Crippen LogP contribution >= 0.6 is 10.9 Å². The third-order valence-corrected chi connectivity index (χ3v) is 4.07. The van der Waals surface area contributed by atoms with Crippen LogP contribution in [0.1, 0.15) is 0 Å². The van der Waals surface area contributed by atoms with Crippen LogP contribution in [0.5, 0.6) is 0 Å². The van der Waals surface area contributed by atoms with Crippen molar-refractivity contribution in [1.29, 1.82) is 0 Å². The maximum absolute atomic E-state index is 5.34. The number of benzene rings is 1. The van der Waals surface area contributed by atoms with Crippen LogP contribution in [0.25, 0.3) is 0 Å². The Labute approximate surface area is 94.6 Å². The van der Waals surface area contributed by atoms with Gasteiger partial charge < -0.3 is 9.64 Å². The van der Waals surface area contributed by atoms with Gasteiger partial charge in [-0.3, -0.25) is 0 Å². The highest BCUT2D eigenvalue weighted by molar-refractivity contribution is 8.15. The summed E-state index contributed by atoms with van der Waals surface area (Å²) in [6.45, 7) is 3.75. The predicted octanol–water partition coefficient (Wildman–Crippen LogP) is 2.14. The molecule has 0 spiro atoms. The smallest absolute Gasteiger partial charge is 0.0642 e. The number of ether oxygens (including phenoxy) is 1. The summed E-state index contributed by atoms with van der Waals surface area (Å²) in [5.41, 5.74) is 1.33. The topological polar surface area (TPSA) is 12.5 Å². The highest BCUT2D eigenvalue weighted by Gasteiger charge is 2.10. The standard InChI is InChI=1S/C12H19NOS/c1-15(2)12-5-3-11(4-6-12)13-7-9-14-10-8-13/h3-6,15H,7-10H2,1-2H3. The Kier molecular flexibility index (Phi) is 3.54. The van der Waals surface area contributed by atoms with E-state index in [4.69, 9.17) is 4.74 Å². The van der Waals surface area contributed by atoms with Crippen LogP contribution in [0.4, 0.5) is 5.69 Å². The van der Waals surface area contributed by atoms with Crippen molar-refractivity contribution < 1.29 is 4.74 Å². The summed E-state index contributed by atoms with van der Waals surface area (Å²) in [6.07, 6.45) is 4.58. The van der Waals surface area contributed by atoms with Gasteiger partial charge in [-0.15, -0.1) is 0 Å². The lowest BCUT2D eigenvalue weighted by Gasteiger charge is -2.29. The SMILES string of the molecule is C[SH](C)c1ccc(N2CCOCC2)cc1. The van der Waals surface area contributed by atoms with Crippen molar-refractivity contribution in [3.63, 3.8) is 0 Å². The molecular formula is C12H19NOS. The van der Waals surface area contributed by atoms with E-state index in [1.165, 1.54) is 10.6 Å². The Morgan fingerprint density at radius 3 is 2.20 bits per heavy atom. The van der Waals surface area contributed by atoms with E-state index in [9.17, 15) is 0 Å². The molecule has 0 atom stereocenters. The van der Waals surface area contributed by atoms with Crippen LogP contribution in [0.3, 0.4) is 0 Å². The second-order valence-electron chi connectivity index (χ2n) is 4.01. The summed E-state index contributed by atoms with van der Waals surface area (Å²) in [5, 5.41) is 0. The van der Waals surface area contributed by atoms with Gasteiger partial charge in [0.2, 0.25) is 0 Å². The van der Waals surface area contributed by atoms with Gasteiger partial charge >= 0.3 is 0 Å². The van der Waals surface area contributed by atoms with Gasteiger partial charge in [0, 0.05) is 18.8 Å². The fourth-order valence-corrected chi connectivity index (χ4v) is 2.53. The molecule has 0 unspecified atom stereocenters. The van der Waals surface area contributed by atoms with Crippen molar-refractivity contribution in [2.75, 3.05) is 43.7 Å². The van der Waals surface area contributed by atoms with Gasteiger partial charge in [-0.05, 0) is 41.7 Å². The van der Waals surface area contributed by atoms with Gasteiger partial charge in [-0.1, -0.05) is 0 Å². The van der Waals surface area contributed by atoms with Gasteiger partial charge in [0.25, 0.3) is 0 Å². The van der Waals surface area contributed by atoms with E-state index >= 15 is 0 Å². The molecule has 84 valence electrons. The molecular weight excluding hydrogens is 206 g/mol. The first-order valence-electron chi connectivity index (χ1n) is 5.37. The van der Waals surface area contributed by atoms with Crippen molar-refractivity contribution in [3.8, 4) is 0 Å². The maximum atomic E-state index is 5.34. The Balaban J connectivity index is 2.08. The van der Waals surface area contributed by atoms with Gasteiger partial charge in [0.15, 0.2) is 0 Å². The number of anilines is 1. The highest BCUT2D eigenvalue weighted by atomic mass is 32.2. The van der Waals surface area contributed by atoms with Gasteiger partial charge in [-0.25, -0.2) is 10.9 Å². The summed E-state index contributed by atoms with van der Waals surface area (Å²) < 4.78 is 5.34. The molecule has 1 heterocycles. The number of rotatable bonds is 2. The Hall–Kier alpha value is -0.670. The van der Waals surface area contributed by atoms with E-state index in [1.54, 1.807) is 0 Å². The van der Waals surface area contributed by atoms with E-state index in [2.05, 4.69) is 41.7 Å². The van der Waals surface area contributed by atoms with Crippen LogP contribution in [0, 0.1) is 0 Å². The average molecular weight is 225 g/mol. The van der Waals surface area contributed by atoms with Crippen LogP contribution < -0.4 is 4.90 Å². The van der Waals surface area contributed by atoms with Crippen molar-refractivity contribution in [2.45, 2.75) is 4.90 Å². The summed E-state index contributed by atoms with van der Waals surface area (Å²) in [5.74, 6) is 0. The summed E-state index contributed by atoms with van der Waals surface area (Å²) in [7, 11) is 0.0314. The molecule has 1 aliphatic heterocycles. The molecule has 3 heteroatoms. The molecule has 2 rings (SSSR count). The zero-order valence-electron chi connectivity index (χ0n) is 9.44. The third-order valence-electron chi connectivity index (χ3n) is 2.74. The first kappa shape index (κ1) is 10.8. The molecule has 0 amide bonds. The lowest BCUT2D eigenvalue weighted by Crippen LogP contribution is -2.36. The molecule has 1 aromatic carbocycles. The van der Waals surface area contributed by atoms with Crippen LogP contribution in [-0.4, -0.2) is 38.8 Å². The number of thiol groups is 1. The molecule has 0 aliphatic carbocycles. The normalized spacial score (nSPS) is 17.7. The van der Waals surface area contributed by atoms with Crippen molar-refractivity contribution in [1.82, 2.24) is 0 Å². The molecule has 15 heavy (non-hydrogen) atoms. The largest absolute Gasteiger partial charge is 0.378 e. The second-order valence-corrected chi connectivity index (χ2v) is 6.32. The van der Waals surface area contributed by atoms with E-state index in [1.807, 2.05) is 0 Å². The Morgan fingerprint density at radius 2 is 1.67 bits per heavy atom. The minimum Gasteiger partial charge on any atom is -0.378 e. The Morgan fingerprint density at radius 1 is 1.07 bits per heavy atom. The van der Waals surface area contributed by atoms with Gasteiger partial charge in [0.1, 0.15) is 0 Å². The fourth-order valence-electron chi connectivity index (χ4n) is 1.78. The van der Waals surface area contributed by atoms with Crippen LogP contribution in [-0.2, 0) is 4.74 Å². The van der Waals surface area contributed by atoms with Gasteiger partial charge in [-0.2, -0.15) is 0 Å². The van der Waals surface area contributed by atoms with Crippen LogP contribution in [0.15, 0.2) is 29.2 Å². The van der Waals surface area contributed by atoms with Crippen molar-refractivity contribution in [2.24, 2.45) is 0 Å². The summed E-state index contributed by atoms with van der Waals surface area (Å²) >= 11 is 0. The lowest BCUT2D eigenvalue weighted by atomic mass is 10.2. The highest BCUT2D eigenvalue weighted by Crippen LogP contribution is 2.29. The van der Waals surface area contributed by atoms with E-state index in [0.717, 1.165) is 26.3 Å². The Bertz CT molecular complexity index is 304. The predicted molar refractivity (Wildman–Crippen MR) is 68.6 cm³/mol. The van der Waals surface area contributed by atoms with Crippen molar-refractivity contribution >= 4 is 16.6 Å². The molecule has 0 bridgehead atoms. The van der Waals surface area contributed by atoms with E-state index < -0.39 is 0 Å². The quantitative estimate of drug-likeness (QED) is 0.774. The molecule has 1 aliphatic rings. The first-order valence-corrected chi connectivity index (χ1v) is 7.61. The van der Waals surface area contributed by atoms with Gasteiger partial charge in [0.05, 0.1) is 13.2 Å².